The molecule has 0 amide bonds. The van der Waals surface area contributed by atoms with Crippen molar-refractivity contribution in [2.75, 3.05) is 5.43 Å². The number of benzene rings is 1. The normalized spacial score (nSPS) is 11.2. The van der Waals surface area contributed by atoms with Crippen LogP contribution in [0.4, 0.5) is 5.69 Å². The van der Waals surface area contributed by atoms with Crippen molar-refractivity contribution < 1.29 is 9.90 Å². The van der Waals surface area contributed by atoms with Crippen LogP contribution >= 0.6 is 0 Å². The molecule has 1 aromatic rings. The summed E-state index contributed by atoms with van der Waals surface area (Å²) in [5.41, 5.74) is 4.42. The van der Waals surface area contributed by atoms with E-state index in [0.29, 0.717) is 5.69 Å². The smallest absolute Gasteiger partial charge is 0.337 e. The van der Waals surface area contributed by atoms with Crippen molar-refractivity contribution in [2.45, 2.75) is 20.3 Å². The lowest BCUT2D eigenvalue weighted by Gasteiger charge is -2.05. The Morgan fingerprint density at radius 1 is 1.47 bits per heavy atom. The first kappa shape index (κ1) is 11.2. The summed E-state index contributed by atoms with van der Waals surface area (Å²) in [6.07, 6.45) is 0.836. The first-order chi connectivity index (χ1) is 7.15. The molecular weight excluding hydrogens is 192 g/mol. The minimum atomic E-state index is -0.956. The Hall–Kier alpha value is -1.84. The molecule has 80 valence electrons. The quantitative estimate of drug-likeness (QED) is 0.588. The largest absolute Gasteiger partial charge is 0.478 e. The number of anilines is 1. The van der Waals surface area contributed by atoms with Crippen LogP contribution in [0.25, 0.3) is 0 Å². The summed E-state index contributed by atoms with van der Waals surface area (Å²) in [7, 11) is 0. The van der Waals surface area contributed by atoms with Crippen LogP contribution in [-0.2, 0) is 0 Å². The third-order valence-electron chi connectivity index (χ3n) is 2.04. The van der Waals surface area contributed by atoms with Gasteiger partial charge in [0.05, 0.1) is 11.3 Å². The highest BCUT2D eigenvalue weighted by atomic mass is 16.4. The average Bonchev–Trinajstić information content (AvgIpc) is 2.26. The number of hydrazone groups is 1. The highest BCUT2D eigenvalue weighted by Crippen LogP contribution is 2.14. The minimum absolute atomic E-state index is 0.227. The van der Waals surface area contributed by atoms with Crippen LogP contribution in [0.5, 0.6) is 0 Å². The summed E-state index contributed by atoms with van der Waals surface area (Å²) in [5.74, 6) is -0.956. The van der Waals surface area contributed by atoms with E-state index in [9.17, 15) is 4.79 Å². The summed E-state index contributed by atoms with van der Waals surface area (Å²) in [5, 5.41) is 13.0. The second-order valence-corrected chi connectivity index (χ2v) is 3.16. The standard InChI is InChI=1S/C11H14N2O2/c1-3-8(2)12-13-10-7-5-4-6-9(10)11(14)15/h4-7,13H,3H2,1-2H3,(H,14,15). The molecule has 1 rings (SSSR count). The zero-order chi connectivity index (χ0) is 11.3. The van der Waals surface area contributed by atoms with E-state index in [0.717, 1.165) is 12.1 Å². The van der Waals surface area contributed by atoms with Gasteiger partial charge in [0.25, 0.3) is 0 Å². The molecule has 4 nitrogen and oxygen atoms in total. The zero-order valence-electron chi connectivity index (χ0n) is 8.82. The SMILES string of the molecule is CCC(C)=NNc1ccccc1C(=O)O. The molecule has 1 aromatic carbocycles. The molecule has 0 aliphatic carbocycles. The number of hydrogen-bond donors (Lipinski definition) is 2. The van der Waals surface area contributed by atoms with E-state index in [2.05, 4.69) is 10.5 Å². The highest BCUT2D eigenvalue weighted by molar-refractivity contribution is 5.94. The van der Waals surface area contributed by atoms with Gasteiger partial charge in [-0.2, -0.15) is 5.10 Å². The van der Waals surface area contributed by atoms with E-state index < -0.39 is 5.97 Å². The Bertz CT molecular complexity index is 386. The van der Waals surface area contributed by atoms with Crippen LogP contribution in [0, 0.1) is 0 Å². The van der Waals surface area contributed by atoms with E-state index >= 15 is 0 Å². The first-order valence-corrected chi connectivity index (χ1v) is 4.76. The molecule has 0 aromatic heterocycles. The van der Waals surface area contributed by atoms with Gasteiger partial charge in [-0.25, -0.2) is 4.79 Å². The second-order valence-electron chi connectivity index (χ2n) is 3.16. The Kier molecular flexibility index (Phi) is 3.85. The van der Waals surface area contributed by atoms with Crippen molar-refractivity contribution >= 4 is 17.4 Å². The van der Waals surface area contributed by atoms with Gasteiger partial charge in [0.1, 0.15) is 0 Å². The number of hydrogen-bond acceptors (Lipinski definition) is 3. The van der Waals surface area contributed by atoms with E-state index in [4.69, 9.17) is 5.11 Å². The molecule has 0 radical (unpaired) electrons. The van der Waals surface area contributed by atoms with Crippen molar-refractivity contribution in [1.29, 1.82) is 0 Å². The number of aromatic carboxylic acids is 1. The molecule has 2 N–H and O–H groups in total. The van der Waals surface area contributed by atoms with Gasteiger partial charge >= 0.3 is 5.97 Å². The van der Waals surface area contributed by atoms with Crippen molar-refractivity contribution in [3.05, 3.63) is 29.8 Å². The molecule has 0 aliphatic rings. The van der Waals surface area contributed by atoms with Gasteiger partial charge < -0.3 is 5.11 Å². The summed E-state index contributed by atoms with van der Waals surface area (Å²) in [6, 6.07) is 6.69. The van der Waals surface area contributed by atoms with E-state index in [1.807, 2.05) is 13.8 Å². The third kappa shape index (κ3) is 3.09. The number of nitrogens with zero attached hydrogens (tertiary/aromatic N) is 1. The van der Waals surface area contributed by atoms with Crippen LogP contribution in [0.2, 0.25) is 0 Å². The van der Waals surface area contributed by atoms with E-state index in [1.165, 1.54) is 0 Å². The van der Waals surface area contributed by atoms with Gasteiger partial charge in [0.2, 0.25) is 0 Å². The van der Waals surface area contributed by atoms with Crippen LogP contribution in [0.3, 0.4) is 0 Å². The Morgan fingerprint density at radius 2 is 2.13 bits per heavy atom. The maximum atomic E-state index is 10.8. The molecule has 0 saturated carbocycles. The van der Waals surface area contributed by atoms with E-state index in [-0.39, 0.29) is 5.56 Å². The van der Waals surface area contributed by atoms with Crippen LogP contribution < -0.4 is 5.43 Å². The fraction of sp³-hybridized carbons (Fsp3) is 0.273. The van der Waals surface area contributed by atoms with Gasteiger partial charge in [-0.05, 0) is 25.5 Å². The lowest BCUT2D eigenvalue weighted by molar-refractivity contribution is 0.0698. The van der Waals surface area contributed by atoms with Gasteiger partial charge in [-0.3, -0.25) is 5.43 Å². The molecule has 0 saturated heterocycles. The van der Waals surface area contributed by atoms with Crippen LogP contribution in [0.1, 0.15) is 30.6 Å². The summed E-state index contributed by atoms with van der Waals surface area (Å²) >= 11 is 0. The molecule has 0 unspecified atom stereocenters. The predicted octanol–water partition coefficient (Wildman–Crippen LogP) is 2.58. The number of carboxylic acid groups (broad SMARTS) is 1. The van der Waals surface area contributed by atoms with E-state index in [1.54, 1.807) is 24.3 Å². The summed E-state index contributed by atoms with van der Waals surface area (Å²) < 4.78 is 0. The Morgan fingerprint density at radius 3 is 2.73 bits per heavy atom. The third-order valence-corrected chi connectivity index (χ3v) is 2.04. The van der Waals surface area contributed by atoms with Crippen molar-refractivity contribution in [3.63, 3.8) is 0 Å². The molecular formula is C11H14N2O2. The maximum Gasteiger partial charge on any atom is 0.337 e. The Labute approximate surface area is 88.6 Å². The average molecular weight is 206 g/mol. The number of nitrogens with one attached hydrogen (secondary N) is 1. The molecule has 0 fully saturated rings. The molecule has 0 heterocycles. The summed E-state index contributed by atoms with van der Waals surface area (Å²) in [6.45, 7) is 3.87. The topological polar surface area (TPSA) is 61.7 Å². The second kappa shape index (κ2) is 5.14. The lowest BCUT2D eigenvalue weighted by atomic mass is 10.2. The molecule has 15 heavy (non-hydrogen) atoms. The maximum absolute atomic E-state index is 10.8. The van der Waals surface area contributed by atoms with Gasteiger partial charge in [-0.15, -0.1) is 0 Å². The fourth-order valence-corrected chi connectivity index (χ4v) is 1.00. The van der Waals surface area contributed by atoms with Crippen molar-refractivity contribution in [2.24, 2.45) is 5.10 Å². The predicted molar refractivity (Wildman–Crippen MR) is 60.4 cm³/mol. The zero-order valence-corrected chi connectivity index (χ0v) is 8.82. The molecule has 4 heteroatoms. The first-order valence-electron chi connectivity index (χ1n) is 4.76. The van der Waals surface area contributed by atoms with Gasteiger partial charge in [0, 0.05) is 5.71 Å². The molecule has 0 aliphatic heterocycles. The Balaban J connectivity index is 2.90. The number of carbonyl (C=O) groups is 1. The van der Waals surface area contributed by atoms with Crippen LogP contribution in [0.15, 0.2) is 29.4 Å². The monoisotopic (exact) mass is 206 g/mol. The van der Waals surface area contributed by atoms with Gasteiger partial charge in [-0.1, -0.05) is 19.1 Å². The number of rotatable bonds is 4. The number of carboxylic acids is 1. The highest BCUT2D eigenvalue weighted by Gasteiger charge is 2.07. The lowest BCUT2D eigenvalue weighted by Crippen LogP contribution is -2.03. The van der Waals surface area contributed by atoms with Crippen molar-refractivity contribution in [1.82, 2.24) is 0 Å². The molecule has 0 atom stereocenters. The number of para-hydroxylation sites is 1. The minimum Gasteiger partial charge on any atom is -0.478 e. The van der Waals surface area contributed by atoms with Gasteiger partial charge in [0.15, 0.2) is 0 Å². The fourth-order valence-electron chi connectivity index (χ4n) is 1.00. The summed E-state index contributed by atoms with van der Waals surface area (Å²) in [4.78, 5) is 10.8. The van der Waals surface area contributed by atoms with Crippen LogP contribution in [-0.4, -0.2) is 16.8 Å². The van der Waals surface area contributed by atoms with Crippen molar-refractivity contribution in [3.8, 4) is 0 Å². The molecule has 0 bridgehead atoms. The molecule has 0 spiro atoms.